The summed E-state index contributed by atoms with van der Waals surface area (Å²) in [5.41, 5.74) is 1.73. The smallest absolute Gasteiger partial charge is 0.119 e. The average molecular weight is 320 g/mol. The first kappa shape index (κ1) is 15.7. The summed E-state index contributed by atoms with van der Waals surface area (Å²) in [6.07, 6.45) is 0.562. The Balaban J connectivity index is 2.22. The second-order valence-electron chi connectivity index (χ2n) is 4.60. The van der Waals surface area contributed by atoms with Crippen LogP contribution in [-0.2, 0) is 6.42 Å². The summed E-state index contributed by atoms with van der Waals surface area (Å²) < 4.78 is 5.41. The van der Waals surface area contributed by atoms with Crippen LogP contribution in [0.25, 0.3) is 0 Å². The highest BCUT2D eigenvalue weighted by Gasteiger charge is 2.18. The first-order chi connectivity index (χ1) is 10.2. The van der Waals surface area contributed by atoms with Gasteiger partial charge in [0.05, 0.1) is 18.6 Å². The van der Waals surface area contributed by atoms with Crippen LogP contribution < -0.4 is 4.74 Å². The second kappa shape index (κ2) is 7.36. The maximum Gasteiger partial charge on any atom is 0.119 e. The number of benzene rings is 2. The maximum absolute atomic E-state index is 9.44. The molecule has 0 radical (unpaired) electrons. The van der Waals surface area contributed by atoms with Gasteiger partial charge in [-0.3, -0.25) is 0 Å². The number of rotatable bonds is 5. The first-order valence-corrected chi connectivity index (χ1v) is 7.46. The molecule has 0 heterocycles. The second-order valence-corrected chi connectivity index (χ2v) is 5.41. The van der Waals surface area contributed by atoms with Gasteiger partial charge in [0.1, 0.15) is 5.75 Å². The van der Waals surface area contributed by atoms with Crippen LogP contribution in [0.4, 0.5) is 0 Å². The molecule has 4 heteroatoms. The Hall–Kier alpha value is -1.69. The van der Waals surface area contributed by atoms with E-state index < -0.39 is 0 Å². The fourth-order valence-electron chi connectivity index (χ4n) is 2.18. The molecule has 0 fully saturated rings. The van der Waals surface area contributed by atoms with Gasteiger partial charge >= 0.3 is 0 Å². The fourth-order valence-corrected chi connectivity index (χ4v) is 2.84. The number of ether oxygens (including phenoxy) is 1. The summed E-state index contributed by atoms with van der Waals surface area (Å²) in [5, 5.41) is 10.5. The molecule has 0 amide bonds. The van der Waals surface area contributed by atoms with Crippen LogP contribution in [0.2, 0.25) is 10.0 Å². The molecule has 0 aliphatic carbocycles. The van der Waals surface area contributed by atoms with Gasteiger partial charge in [-0.05, 0) is 43.2 Å². The van der Waals surface area contributed by atoms with E-state index in [0.717, 1.165) is 11.3 Å². The van der Waals surface area contributed by atoms with Gasteiger partial charge < -0.3 is 4.74 Å². The Morgan fingerprint density at radius 1 is 1.10 bits per heavy atom. The van der Waals surface area contributed by atoms with E-state index in [1.807, 2.05) is 31.2 Å². The quantitative estimate of drug-likeness (QED) is 0.754. The van der Waals surface area contributed by atoms with Gasteiger partial charge in [-0.25, -0.2) is 0 Å². The number of hydrogen-bond donors (Lipinski definition) is 0. The fraction of sp³-hybridized carbons (Fsp3) is 0.235. The van der Waals surface area contributed by atoms with E-state index in [1.165, 1.54) is 0 Å². The highest BCUT2D eigenvalue weighted by molar-refractivity contribution is 6.36. The van der Waals surface area contributed by atoms with Crippen LogP contribution in [0.15, 0.2) is 42.5 Å². The normalized spacial score (nSPS) is 11.7. The summed E-state index contributed by atoms with van der Waals surface area (Å²) in [7, 11) is 0. The third-order valence-electron chi connectivity index (χ3n) is 3.18. The van der Waals surface area contributed by atoms with Crippen molar-refractivity contribution < 1.29 is 4.74 Å². The monoisotopic (exact) mass is 319 g/mol. The molecule has 0 saturated carbocycles. The van der Waals surface area contributed by atoms with E-state index in [0.29, 0.717) is 28.6 Å². The predicted molar refractivity (Wildman–Crippen MR) is 86.1 cm³/mol. The van der Waals surface area contributed by atoms with Crippen molar-refractivity contribution in [1.82, 2.24) is 0 Å². The summed E-state index contributed by atoms with van der Waals surface area (Å²) >= 11 is 12.4. The Bertz CT molecular complexity index is 627. The van der Waals surface area contributed by atoms with Crippen LogP contribution in [0.5, 0.6) is 5.75 Å². The minimum absolute atomic E-state index is 0.371. The summed E-state index contributed by atoms with van der Waals surface area (Å²) in [6.45, 7) is 2.58. The van der Waals surface area contributed by atoms with Crippen molar-refractivity contribution in [3.63, 3.8) is 0 Å². The highest BCUT2D eigenvalue weighted by Crippen LogP contribution is 2.33. The highest BCUT2D eigenvalue weighted by atomic mass is 35.5. The van der Waals surface area contributed by atoms with Gasteiger partial charge in [-0.2, -0.15) is 5.26 Å². The lowest BCUT2D eigenvalue weighted by Crippen LogP contribution is -2.02. The zero-order chi connectivity index (χ0) is 15.2. The first-order valence-electron chi connectivity index (χ1n) is 6.71. The van der Waals surface area contributed by atoms with Crippen molar-refractivity contribution >= 4 is 23.2 Å². The summed E-state index contributed by atoms with van der Waals surface area (Å²) in [5.74, 6) is 0.453. The van der Waals surface area contributed by atoms with Crippen molar-refractivity contribution in [3.05, 3.63) is 63.6 Å². The Labute approximate surface area is 134 Å². The third kappa shape index (κ3) is 3.91. The zero-order valence-electron chi connectivity index (χ0n) is 11.6. The van der Waals surface area contributed by atoms with E-state index in [9.17, 15) is 5.26 Å². The molecule has 2 nitrogen and oxygen atoms in total. The maximum atomic E-state index is 9.44. The number of hydrogen-bond acceptors (Lipinski definition) is 2. The molecule has 2 rings (SSSR count). The predicted octanol–water partition coefficient (Wildman–Crippen LogP) is 5.24. The van der Waals surface area contributed by atoms with Gasteiger partial charge in [0, 0.05) is 15.6 Å². The van der Waals surface area contributed by atoms with Gasteiger partial charge in [0.25, 0.3) is 0 Å². The molecule has 0 aliphatic heterocycles. The SMILES string of the molecule is CCOc1ccc(CC(C#N)c2c(Cl)cccc2Cl)cc1. The van der Waals surface area contributed by atoms with Crippen molar-refractivity contribution in [2.24, 2.45) is 0 Å². The third-order valence-corrected chi connectivity index (χ3v) is 3.84. The molecule has 108 valence electrons. The van der Waals surface area contributed by atoms with Crippen molar-refractivity contribution in [3.8, 4) is 11.8 Å². The van der Waals surface area contributed by atoms with Crippen molar-refractivity contribution in [2.45, 2.75) is 19.3 Å². The lowest BCUT2D eigenvalue weighted by atomic mass is 9.93. The van der Waals surface area contributed by atoms with Crippen LogP contribution in [0.1, 0.15) is 24.0 Å². The molecule has 0 aliphatic rings. The molecular weight excluding hydrogens is 305 g/mol. The molecule has 21 heavy (non-hydrogen) atoms. The van der Waals surface area contributed by atoms with E-state index in [-0.39, 0.29) is 5.92 Å². The molecule has 0 saturated heterocycles. The zero-order valence-corrected chi connectivity index (χ0v) is 13.2. The van der Waals surface area contributed by atoms with Crippen LogP contribution in [-0.4, -0.2) is 6.61 Å². The lowest BCUT2D eigenvalue weighted by molar-refractivity contribution is 0.340. The van der Waals surface area contributed by atoms with E-state index >= 15 is 0 Å². The Morgan fingerprint density at radius 2 is 1.71 bits per heavy atom. The lowest BCUT2D eigenvalue weighted by Gasteiger charge is -2.13. The van der Waals surface area contributed by atoms with E-state index in [4.69, 9.17) is 27.9 Å². The molecule has 0 aromatic heterocycles. The molecule has 2 aromatic carbocycles. The van der Waals surface area contributed by atoms with Crippen LogP contribution in [0.3, 0.4) is 0 Å². The van der Waals surface area contributed by atoms with Crippen molar-refractivity contribution in [1.29, 1.82) is 5.26 Å². The number of nitriles is 1. The average Bonchev–Trinajstić information content (AvgIpc) is 2.48. The minimum Gasteiger partial charge on any atom is -0.494 e. The molecule has 0 N–H and O–H groups in total. The molecule has 0 bridgehead atoms. The molecule has 0 spiro atoms. The molecule has 1 atom stereocenters. The number of nitrogens with zero attached hydrogens (tertiary/aromatic N) is 1. The minimum atomic E-state index is -0.371. The Kier molecular flexibility index (Phi) is 5.50. The van der Waals surface area contributed by atoms with E-state index in [1.54, 1.807) is 18.2 Å². The van der Waals surface area contributed by atoms with E-state index in [2.05, 4.69) is 6.07 Å². The molecule has 1 unspecified atom stereocenters. The van der Waals surface area contributed by atoms with Gasteiger partial charge in [-0.15, -0.1) is 0 Å². The summed E-state index contributed by atoms with van der Waals surface area (Å²) in [4.78, 5) is 0. The standard InChI is InChI=1S/C17H15Cl2NO/c1-2-21-14-8-6-12(7-9-14)10-13(11-20)17-15(18)4-3-5-16(17)19/h3-9,13H,2,10H2,1H3. The van der Waals surface area contributed by atoms with Crippen LogP contribution in [0, 0.1) is 11.3 Å². The van der Waals surface area contributed by atoms with Gasteiger partial charge in [0.2, 0.25) is 0 Å². The van der Waals surface area contributed by atoms with Gasteiger partial charge in [0.15, 0.2) is 0 Å². The molecular formula is C17H15Cl2NO. The number of halogens is 2. The van der Waals surface area contributed by atoms with Crippen LogP contribution >= 0.6 is 23.2 Å². The summed E-state index contributed by atoms with van der Waals surface area (Å²) in [6, 6.07) is 15.3. The van der Waals surface area contributed by atoms with Gasteiger partial charge in [-0.1, -0.05) is 41.4 Å². The topological polar surface area (TPSA) is 33.0 Å². The van der Waals surface area contributed by atoms with Crippen molar-refractivity contribution in [2.75, 3.05) is 6.61 Å². The Morgan fingerprint density at radius 3 is 2.24 bits per heavy atom. The largest absolute Gasteiger partial charge is 0.494 e. The molecule has 2 aromatic rings.